The number of nitrogens with zero attached hydrogens (tertiary/aromatic N) is 2. The molecule has 0 saturated heterocycles. The van der Waals surface area contributed by atoms with Gasteiger partial charge in [0, 0.05) is 19.2 Å². The minimum absolute atomic E-state index is 0.206. The molecule has 0 saturated carbocycles. The number of amides is 1. The maximum absolute atomic E-state index is 13.0. The quantitative estimate of drug-likeness (QED) is 0.469. The van der Waals surface area contributed by atoms with Crippen LogP contribution in [0.3, 0.4) is 0 Å². The highest BCUT2D eigenvalue weighted by atomic mass is 16.5. The molecule has 0 bridgehead atoms. The van der Waals surface area contributed by atoms with Gasteiger partial charge >= 0.3 is 0 Å². The maximum Gasteiger partial charge on any atom is 0.270 e. The van der Waals surface area contributed by atoms with Crippen LogP contribution in [0.1, 0.15) is 28.5 Å². The Balaban J connectivity index is 1.53. The fourth-order valence-corrected chi connectivity index (χ4v) is 3.10. The maximum atomic E-state index is 13.0. The summed E-state index contributed by atoms with van der Waals surface area (Å²) in [4.78, 5) is 13.0. The second-order valence-corrected chi connectivity index (χ2v) is 6.78. The molecule has 2 aromatic heterocycles. The van der Waals surface area contributed by atoms with E-state index in [1.165, 1.54) is 0 Å². The normalized spacial score (nSPS) is 10.8. The number of ether oxygens (including phenoxy) is 1. The molecule has 1 N–H and O–H groups in total. The van der Waals surface area contributed by atoms with E-state index < -0.39 is 0 Å². The molecule has 6 nitrogen and oxygen atoms in total. The Bertz CT molecular complexity index is 1080. The van der Waals surface area contributed by atoms with Crippen LogP contribution in [0.2, 0.25) is 0 Å². The van der Waals surface area contributed by atoms with Crippen molar-refractivity contribution in [3.8, 4) is 17.1 Å². The van der Waals surface area contributed by atoms with Crippen LogP contribution in [0.5, 0.6) is 0 Å². The molecule has 0 aliphatic rings. The van der Waals surface area contributed by atoms with Crippen molar-refractivity contribution in [1.29, 1.82) is 0 Å². The summed E-state index contributed by atoms with van der Waals surface area (Å²) in [6, 6.07) is 23.0. The average Bonchev–Trinajstić information content (AvgIpc) is 3.47. The van der Waals surface area contributed by atoms with Gasteiger partial charge in [-0.1, -0.05) is 42.5 Å². The standard InChI is InChI=1S/C24H23N3O3/c1-2-29-17-19-12-10-18(11-13-19)16-25-24(28)22-15-21(23-9-6-14-30-23)26-27(22)20-7-4-3-5-8-20/h3-15H,2,16-17H2,1H3,(H,25,28). The van der Waals surface area contributed by atoms with Crippen molar-refractivity contribution in [2.24, 2.45) is 0 Å². The third kappa shape index (κ3) is 4.50. The van der Waals surface area contributed by atoms with Crippen LogP contribution < -0.4 is 5.32 Å². The Kier molecular flexibility index (Phi) is 6.06. The molecule has 4 rings (SSSR count). The lowest BCUT2D eigenvalue weighted by Gasteiger charge is -2.09. The molecule has 0 aliphatic carbocycles. The number of benzene rings is 2. The molecule has 0 spiro atoms. The van der Waals surface area contributed by atoms with Gasteiger partial charge in [-0.2, -0.15) is 5.10 Å². The molecule has 30 heavy (non-hydrogen) atoms. The van der Waals surface area contributed by atoms with Crippen LogP contribution in [0.25, 0.3) is 17.1 Å². The van der Waals surface area contributed by atoms with Gasteiger partial charge in [-0.15, -0.1) is 0 Å². The van der Waals surface area contributed by atoms with E-state index in [0.29, 0.717) is 36.9 Å². The van der Waals surface area contributed by atoms with E-state index in [2.05, 4.69) is 10.4 Å². The minimum atomic E-state index is -0.206. The zero-order valence-electron chi connectivity index (χ0n) is 16.7. The largest absolute Gasteiger partial charge is 0.463 e. The lowest BCUT2D eigenvalue weighted by atomic mass is 10.1. The van der Waals surface area contributed by atoms with Crippen LogP contribution >= 0.6 is 0 Å². The van der Waals surface area contributed by atoms with Crippen molar-refractivity contribution in [1.82, 2.24) is 15.1 Å². The summed E-state index contributed by atoms with van der Waals surface area (Å²) in [6.07, 6.45) is 1.59. The molecule has 152 valence electrons. The zero-order chi connectivity index (χ0) is 20.8. The SMILES string of the molecule is CCOCc1ccc(CNC(=O)c2cc(-c3ccco3)nn2-c2ccccc2)cc1. The first-order valence-corrected chi connectivity index (χ1v) is 9.87. The smallest absolute Gasteiger partial charge is 0.270 e. The Morgan fingerprint density at radius 2 is 1.80 bits per heavy atom. The molecular formula is C24H23N3O3. The molecule has 0 radical (unpaired) electrons. The molecule has 0 atom stereocenters. The van der Waals surface area contributed by atoms with Crippen LogP contribution in [0.15, 0.2) is 83.5 Å². The molecule has 2 heterocycles. The molecule has 4 aromatic rings. The predicted octanol–water partition coefficient (Wildman–Crippen LogP) is 4.60. The van der Waals surface area contributed by atoms with Gasteiger partial charge in [0.1, 0.15) is 11.4 Å². The summed E-state index contributed by atoms with van der Waals surface area (Å²) in [7, 11) is 0. The summed E-state index contributed by atoms with van der Waals surface area (Å²) < 4.78 is 12.5. The van der Waals surface area contributed by atoms with Crippen LogP contribution in [-0.4, -0.2) is 22.3 Å². The summed E-state index contributed by atoms with van der Waals surface area (Å²) in [6.45, 7) is 3.67. The Morgan fingerprint density at radius 1 is 1.03 bits per heavy atom. The van der Waals surface area contributed by atoms with E-state index in [0.717, 1.165) is 16.8 Å². The number of carbonyl (C=O) groups excluding carboxylic acids is 1. The van der Waals surface area contributed by atoms with E-state index in [4.69, 9.17) is 9.15 Å². The first-order valence-electron chi connectivity index (χ1n) is 9.87. The molecule has 1 amide bonds. The highest BCUT2D eigenvalue weighted by Crippen LogP contribution is 2.22. The van der Waals surface area contributed by atoms with E-state index in [1.807, 2.05) is 67.6 Å². The van der Waals surface area contributed by atoms with Crippen molar-refractivity contribution in [3.63, 3.8) is 0 Å². The topological polar surface area (TPSA) is 69.3 Å². The number of hydrogen-bond donors (Lipinski definition) is 1. The summed E-state index contributed by atoms with van der Waals surface area (Å²) in [5.74, 6) is 0.408. The number of hydrogen-bond acceptors (Lipinski definition) is 4. The summed E-state index contributed by atoms with van der Waals surface area (Å²) in [5, 5.41) is 7.57. The van der Waals surface area contributed by atoms with Crippen LogP contribution in [0.4, 0.5) is 0 Å². The van der Waals surface area contributed by atoms with Crippen LogP contribution in [0, 0.1) is 0 Å². The molecule has 6 heteroatoms. The molecular weight excluding hydrogens is 378 g/mol. The lowest BCUT2D eigenvalue weighted by Crippen LogP contribution is -2.25. The number of carbonyl (C=O) groups is 1. The van der Waals surface area contributed by atoms with Crippen molar-refractivity contribution in [2.75, 3.05) is 6.61 Å². The van der Waals surface area contributed by atoms with Crippen molar-refractivity contribution in [3.05, 3.63) is 95.9 Å². The van der Waals surface area contributed by atoms with Gasteiger partial charge in [-0.05, 0) is 42.3 Å². The first kappa shape index (κ1) is 19.7. The number of para-hydroxylation sites is 1. The molecule has 0 fully saturated rings. The number of furan rings is 1. The van der Waals surface area contributed by atoms with Crippen molar-refractivity contribution >= 4 is 5.91 Å². The van der Waals surface area contributed by atoms with E-state index in [1.54, 1.807) is 23.1 Å². The van der Waals surface area contributed by atoms with Crippen LogP contribution in [-0.2, 0) is 17.9 Å². The third-order valence-corrected chi connectivity index (χ3v) is 4.67. The van der Waals surface area contributed by atoms with E-state index >= 15 is 0 Å². The minimum Gasteiger partial charge on any atom is -0.463 e. The number of rotatable bonds is 8. The monoisotopic (exact) mass is 401 g/mol. The number of nitrogens with one attached hydrogen (secondary N) is 1. The fourth-order valence-electron chi connectivity index (χ4n) is 3.10. The molecule has 2 aromatic carbocycles. The van der Waals surface area contributed by atoms with Crippen molar-refractivity contribution in [2.45, 2.75) is 20.1 Å². The van der Waals surface area contributed by atoms with E-state index in [-0.39, 0.29) is 5.91 Å². The van der Waals surface area contributed by atoms with Gasteiger partial charge in [-0.3, -0.25) is 4.79 Å². The van der Waals surface area contributed by atoms with Gasteiger partial charge in [0.15, 0.2) is 5.76 Å². The second-order valence-electron chi connectivity index (χ2n) is 6.78. The summed E-state index contributed by atoms with van der Waals surface area (Å²) in [5.41, 5.74) is 3.98. The number of aromatic nitrogens is 2. The molecule has 0 unspecified atom stereocenters. The Morgan fingerprint density at radius 3 is 2.50 bits per heavy atom. The van der Waals surface area contributed by atoms with E-state index in [9.17, 15) is 4.79 Å². The highest BCUT2D eigenvalue weighted by Gasteiger charge is 2.18. The van der Waals surface area contributed by atoms with Gasteiger partial charge in [0.2, 0.25) is 0 Å². The average molecular weight is 401 g/mol. The zero-order valence-corrected chi connectivity index (χ0v) is 16.7. The van der Waals surface area contributed by atoms with Gasteiger partial charge in [0.05, 0.1) is 18.6 Å². The van der Waals surface area contributed by atoms with Gasteiger partial charge in [-0.25, -0.2) is 4.68 Å². The molecule has 0 aliphatic heterocycles. The van der Waals surface area contributed by atoms with Gasteiger partial charge in [0.25, 0.3) is 5.91 Å². The predicted molar refractivity (Wildman–Crippen MR) is 114 cm³/mol. The van der Waals surface area contributed by atoms with Gasteiger partial charge < -0.3 is 14.5 Å². The summed E-state index contributed by atoms with van der Waals surface area (Å²) >= 11 is 0. The lowest BCUT2D eigenvalue weighted by molar-refractivity contribution is 0.0943. The Labute approximate surface area is 175 Å². The van der Waals surface area contributed by atoms with Crippen molar-refractivity contribution < 1.29 is 13.9 Å². The second kappa shape index (κ2) is 9.24. The first-order chi connectivity index (χ1) is 14.7. The highest BCUT2D eigenvalue weighted by molar-refractivity contribution is 5.94. The Hall–Kier alpha value is -3.64. The third-order valence-electron chi connectivity index (χ3n) is 4.67. The fraction of sp³-hybridized carbons (Fsp3) is 0.167.